The molecule has 3 heterocycles. The summed E-state index contributed by atoms with van der Waals surface area (Å²) >= 11 is 0. The Kier molecular flexibility index (Phi) is 4.28. The van der Waals surface area contributed by atoms with Crippen LogP contribution in [0.5, 0.6) is 0 Å². The van der Waals surface area contributed by atoms with Gasteiger partial charge in [0.05, 0.1) is 29.7 Å². The summed E-state index contributed by atoms with van der Waals surface area (Å²) in [7, 11) is 1.98. The molecule has 0 bridgehead atoms. The number of amides is 1. The fourth-order valence-electron chi connectivity index (χ4n) is 5.23. The second-order valence-corrected chi connectivity index (χ2v) is 8.81. The number of carbonyl (C=O) groups is 1. The molecular weight excluding hydrogens is 404 g/mol. The Bertz CT molecular complexity index is 1250. The maximum absolute atomic E-state index is 13.7. The van der Waals surface area contributed by atoms with Gasteiger partial charge >= 0.3 is 0 Å². The van der Waals surface area contributed by atoms with E-state index in [2.05, 4.69) is 22.1 Å². The Morgan fingerprint density at radius 3 is 2.69 bits per heavy atom. The van der Waals surface area contributed by atoms with Crippen LogP contribution in [-0.2, 0) is 0 Å². The molecule has 1 aliphatic carbocycles. The molecule has 8 heteroatoms. The lowest BCUT2D eigenvalue weighted by Gasteiger charge is -2.31. The summed E-state index contributed by atoms with van der Waals surface area (Å²) in [6, 6.07) is 16.0. The van der Waals surface area contributed by atoms with E-state index in [1.54, 1.807) is 12.4 Å². The molecule has 2 fully saturated rings. The number of aromatic nitrogens is 4. The fourth-order valence-corrected chi connectivity index (χ4v) is 5.23. The molecule has 1 amide bonds. The van der Waals surface area contributed by atoms with Crippen LogP contribution in [0.2, 0.25) is 0 Å². The lowest BCUT2D eigenvalue weighted by Crippen LogP contribution is -2.46. The second-order valence-electron chi connectivity index (χ2n) is 8.81. The number of likely N-dealkylation sites (tertiary alicyclic amines) is 1. The normalized spacial score (nSPS) is 24.0. The Hall–Kier alpha value is -3.68. The monoisotopic (exact) mass is 428 g/mol. The van der Waals surface area contributed by atoms with E-state index in [1.807, 2.05) is 65.4 Å². The second kappa shape index (κ2) is 7.19. The summed E-state index contributed by atoms with van der Waals surface area (Å²) in [4.78, 5) is 23.9. The van der Waals surface area contributed by atoms with Crippen molar-refractivity contribution in [3.05, 3.63) is 66.5 Å². The lowest BCUT2D eigenvalue weighted by atomic mass is 10.1. The quantitative estimate of drug-likeness (QED) is 0.485. The van der Waals surface area contributed by atoms with E-state index in [1.165, 1.54) is 4.80 Å². The summed E-state index contributed by atoms with van der Waals surface area (Å²) in [6.45, 7) is 3.73. The van der Waals surface area contributed by atoms with Crippen LogP contribution in [0.25, 0.3) is 16.8 Å². The van der Waals surface area contributed by atoms with Gasteiger partial charge in [0, 0.05) is 20.1 Å². The molecule has 1 saturated carbocycles. The number of para-hydroxylation sites is 3. The smallest absolute Gasteiger partial charge is 0.298 e. The first-order valence-electron chi connectivity index (χ1n) is 10.9. The number of carbonyl (C=O) groups excluding carboxylic acids is 1. The van der Waals surface area contributed by atoms with Gasteiger partial charge in [-0.15, -0.1) is 0 Å². The predicted molar refractivity (Wildman–Crippen MR) is 120 cm³/mol. The number of likely N-dealkylation sites (N-methyl/N-ethyl adjacent to an activating group) is 1. The maximum Gasteiger partial charge on any atom is 0.298 e. The minimum atomic E-state index is 0.0215. The number of oxazole rings is 1. The van der Waals surface area contributed by atoms with Crippen LogP contribution in [0.15, 0.2) is 65.3 Å². The van der Waals surface area contributed by atoms with E-state index in [0.29, 0.717) is 41.6 Å². The third-order valence-electron chi connectivity index (χ3n) is 6.99. The Morgan fingerprint density at radius 1 is 1.12 bits per heavy atom. The number of nitrogens with zero attached hydrogens (tertiary/aromatic N) is 6. The lowest BCUT2D eigenvalue weighted by molar-refractivity contribution is 0.0700. The largest absolute Gasteiger partial charge is 0.423 e. The van der Waals surface area contributed by atoms with Gasteiger partial charge in [0.2, 0.25) is 0 Å². The Morgan fingerprint density at radius 2 is 1.88 bits per heavy atom. The van der Waals surface area contributed by atoms with Crippen LogP contribution in [0, 0.1) is 17.8 Å². The highest BCUT2D eigenvalue weighted by atomic mass is 16.4. The third kappa shape index (κ3) is 2.97. The number of benzene rings is 2. The number of hydrogen-bond donors (Lipinski definition) is 0. The molecule has 4 atom stereocenters. The first kappa shape index (κ1) is 19.0. The van der Waals surface area contributed by atoms with E-state index in [0.717, 1.165) is 17.6 Å². The van der Waals surface area contributed by atoms with Gasteiger partial charge < -0.3 is 14.2 Å². The molecule has 32 heavy (non-hydrogen) atoms. The minimum absolute atomic E-state index is 0.0215. The molecule has 4 aromatic rings. The topological polar surface area (TPSA) is 80.3 Å². The van der Waals surface area contributed by atoms with Gasteiger partial charge in [0.25, 0.3) is 11.9 Å². The van der Waals surface area contributed by atoms with E-state index in [4.69, 9.17) is 4.42 Å². The average Bonchev–Trinajstić information content (AvgIpc) is 3.32. The van der Waals surface area contributed by atoms with Crippen molar-refractivity contribution in [2.75, 3.05) is 25.0 Å². The van der Waals surface area contributed by atoms with Crippen molar-refractivity contribution in [2.24, 2.45) is 17.8 Å². The first-order chi connectivity index (χ1) is 15.6. The molecule has 1 saturated heterocycles. The van der Waals surface area contributed by atoms with Gasteiger partial charge in [0.1, 0.15) is 5.52 Å². The minimum Gasteiger partial charge on any atom is -0.423 e. The van der Waals surface area contributed by atoms with Crippen molar-refractivity contribution in [1.82, 2.24) is 24.9 Å². The number of piperidine rings is 1. The summed E-state index contributed by atoms with van der Waals surface area (Å²) in [6.07, 6.45) is 3.23. The van der Waals surface area contributed by atoms with Gasteiger partial charge in [-0.2, -0.15) is 20.0 Å². The van der Waals surface area contributed by atoms with Crippen molar-refractivity contribution < 1.29 is 9.21 Å². The highest BCUT2D eigenvalue weighted by molar-refractivity contribution is 5.98. The molecule has 2 aromatic heterocycles. The molecule has 0 spiro atoms. The summed E-state index contributed by atoms with van der Waals surface area (Å²) in [5.41, 5.74) is 2.92. The van der Waals surface area contributed by atoms with E-state index in [9.17, 15) is 4.79 Å². The van der Waals surface area contributed by atoms with Gasteiger partial charge in [-0.25, -0.2) is 0 Å². The Labute approximate surface area is 185 Å². The Balaban J connectivity index is 1.29. The van der Waals surface area contributed by atoms with Gasteiger partial charge in [-0.05, 0) is 42.0 Å². The molecule has 0 radical (unpaired) electrons. The van der Waals surface area contributed by atoms with E-state index < -0.39 is 0 Å². The molecule has 6 rings (SSSR count). The maximum atomic E-state index is 13.7. The zero-order valence-electron chi connectivity index (χ0n) is 18.0. The number of rotatable bonds is 5. The van der Waals surface area contributed by atoms with Crippen molar-refractivity contribution in [3.8, 4) is 5.69 Å². The molecule has 0 N–H and O–H groups in total. The highest BCUT2D eigenvalue weighted by Gasteiger charge is 2.60. The van der Waals surface area contributed by atoms with Crippen LogP contribution in [0.3, 0.4) is 0 Å². The zero-order chi connectivity index (χ0) is 21.8. The highest BCUT2D eigenvalue weighted by Crippen LogP contribution is 2.55. The predicted octanol–water partition coefficient (Wildman–Crippen LogP) is 3.25. The van der Waals surface area contributed by atoms with E-state index in [-0.39, 0.29) is 11.9 Å². The third-order valence-corrected chi connectivity index (χ3v) is 6.99. The number of anilines is 1. The summed E-state index contributed by atoms with van der Waals surface area (Å²) in [5.74, 6) is 1.70. The number of hydrogen-bond acceptors (Lipinski definition) is 6. The zero-order valence-corrected chi connectivity index (χ0v) is 18.0. The van der Waals surface area contributed by atoms with E-state index >= 15 is 0 Å². The van der Waals surface area contributed by atoms with Gasteiger partial charge in [0.15, 0.2) is 5.58 Å². The number of fused-ring (bicyclic) bond motifs is 2. The van der Waals surface area contributed by atoms with Crippen molar-refractivity contribution in [1.29, 1.82) is 0 Å². The molecule has 2 aromatic carbocycles. The van der Waals surface area contributed by atoms with Crippen molar-refractivity contribution >= 4 is 23.0 Å². The molecule has 1 aliphatic heterocycles. The van der Waals surface area contributed by atoms with Crippen LogP contribution in [-0.4, -0.2) is 57.0 Å². The van der Waals surface area contributed by atoms with Crippen LogP contribution in [0.4, 0.5) is 6.01 Å². The fraction of sp³-hybridized carbons (Fsp3) is 0.333. The molecule has 8 nitrogen and oxygen atoms in total. The van der Waals surface area contributed by atoms with Crippen LogP contribution < -0.4 is 4.90 Å². The van der Waals surface area contributed by atoms with Gasteiger partial charge in [-0.3, -0.25) is 4.79 Å². The van der Waals surface area contributed by atoms with Gasteiger partial charge in [-0.1, -0.05) is 31.2 Å². The SMILES string of the molecule is CC1C2CN(C(=O)c3ccccc3-n3nccn3)[C@H](CN(C)c3nc4ccccc4o3)C12. The van der Waals surface area contributed by atoms with Crippen molar-refractivity contribution in [2.45, 2.75) is 13.0 Å². The molecule has 3 unspecified atom stereocenters. The average molecular weight is 428 g/mol. The molecule has 162 valence electrons. The molecular formula is C24H24N6O2. The molecule has 2 aliphatic rings. The first-order valence-corrected chi connectivity index (χ1v) is 10.9. The van der Waals surface area contributed by atoms with Crippen LogP contribution in [0.1, 0.15) is 17.3 Å². The standard InChI is InChI=1S/C24H24N6O2/c1-15-17-13-29(23(31)16-7-3-5-9-19(16)30-25-11-12-26-30)20(22(15)17)14-28(2)24-27-18-8-4-6-10-21(18)32-24/h3-12,15,17,20,22H,13-14H2,1-2H3/t15?,17?,20-,22?/m1/s1. The van der Waals surface area contributed by atoms with Crippen LogP contribution >= 0.6 is 0 Å². The van der Waals surface area contributed by atoms with Crippen molar-refractivity contribution in [3.63, 3.8) is 0 Å². The summed E-state index contributed by atoms with van der Waals surface area (Å²) in [5, 5.41) is 8.45. The summed E-state index contributed by atoms with van der Waals surface area (Å²) < 4.78 is 5.96.